The van der Waals surface area contributed by atoms with Gasteiger partial charge in [-0.3, -0.25) is 4.79 Å². The van der Waals surface area contributed by atoms with Crippen LogP contribution in [0.15, 0.2) is 12.2 Å². The molecule has 0 unspecified atom stereocenters. The highest BCUT2D eigenvalue weighted by Crippen LogP contribution is 2.10. The predicted molar refractivity (Wildman–Crippen MR) is 73.2 cm³/mol. The second-order valence-corrected chi connectivity index (χ2v) is 10.6. The minimum absolute atomic E-state index is 0.0397. The monoisotopic (exact) mass is 289 g/mol. The van der Waals surface area contributed by atoms with Crippen LogP contribution in [0.1, 0.15) is 6.92 Å². The summed E-state index contributed by atoms with van der Waals surface area (Å²) in [5.74, 6) is -0.480. The lowest BCUT2D eigenvalue weighted by atomic mass is 10.4. The third kappa shape index (κ3) is 6.72. The Morgan fingerprint density at radius 3 is 2.11 bits per heavy atom. The van der Waals surface area contributed by atoms with E-state index in [1.807, 2.05) is 13.1 Å². The number of carbonyl (C=O) groups is 2. The first-order chi connectivity index (χ1) is 8.16. The van der Waals surface area contributed by atoms with Gasteiger partial charge in [0.05, 0.1) is 0 Å². The molecular weight excluding hydrogens is 268 g/mol. The maximum absolute atomic E-state index is 11.8. The highest BCUT2D eigenvalue weighted by molar-refractivity contribution is 7.01. The van der Waals surface area contributed by atoms with Crippen molar-refractivity contribution in [3.05, 3.63) is 12.2 Å². The van der Waals surface area contributed by atoms with Crippen LogP contribution in [0, 0.1) is 0 Å². The summed E-state index contributed by atoms with van der Waals surface area (Å²) >= 11 is 0. The first kappa shape index (κ1) is 17.1. The average Bonchev–Trinajstić information content (AvgIpc) is 2.21. The zero-order chi connectivity index (χ0) is 14.3. The van der Waals surface area contributed by atoms with Gasteiger partial charge in [-0.2, -0.15) is 0 Å². The summed E-state index contributed by atoms with van der Waals surface area (Å²) in [4.78, 5) is 22.8. The molecule has 0 atom stereocenters. The van der Waals surface area contributed by atoms with Crippen molar-refractivity contribution in [1.82, 2.24) is 0 Å². The van der Waals surface area contributed by atoms with Gasteiger partial charge in [0.25, 0.3) is 0 Å². The van der Waals surface area contributed by atoms with E-state index in [-0.39, 0.29) is 18.8 Å². The Balaban J connectivity index is 3.97. The van der Waals surface area contributed by atoms with Crippen LogP contribution < -0.4 is 0 Å². The van der Waals surface area contributed by atoms with Gasteiger partial charge in [0.2, 0.25) is 0 Å². The van der Waals surface area contributed by atoms with E-state index in [1.54, 1.807) is 20.0 Å². The summed E-state index contributed by atoms with van der Waals surface area (Å²) in [7, 11) is -3.37. The van der Waals surface area contributed by atoms with Crippen LogP contribution in [-0.2, 0) is 18.4 Å². The maximum Gasteiger partial charge on any atom is 0.333 e. The molecule has 0 aromatic carbocycles. The molecule has 18 heavy (non-hydrogen) atoms. The molecule has 0 fully saturated rings. The Morgan fingerprint density at radius 2 is 1.67 bits per heavy atom. The SMILES string of the molecule is C=C(C)C(=O)OCCOC(=O)[Si](C)(C)O[Si](C)C. The molecule has 103 valence electrons. The zero-order valence-electron chi connectivity index (χ0n) is 11.7. The van der Waals surface area contributed by atoms with Gasteiger partial charge in [0.1, 0.15) is 13.2 Å². The second kappa shape index (κ2) is 7.50. The van der Waals surface area contributed by atoms with Crippen molar-refractivity contribution in [2.24, 2.45) is 0 Å². The van der Waals surface area contributed by atoms with Crippen LogP contribution in [0.25, 0.3) is 0 Å². The highest BCUT2D eigenvalue weighted by Gasteiger charge is 2.35. The van der Waals surface area contributed by atoms with E-state index in [0.717, 1.165) is 0 Å². The molecule has 0 amide bonds. The standard InChI is InChI=1S/C11H21O5Si2/c1-9(2)10(12)14-7-8-15-11(13)18(5,6)16-17(3)4/h1,7-8H2,2-6H3. The lowest BCUT2D eigenvalue weighted by Crippen LogP contribution is -2.45. The molecule has 0 aromatic rings. The van der Waals surface area contributed by atoms with Gasteiger partial charge in [-0.15, -0.1) is 0 Å². The lowest BCUT2D eigenvalue weighted by Gasteiger charge is -2.22. The van der Waals surface area contributed by atoms with Crippen molar-refractivity contribution >= 4 is 28.9 Å². The summed E-state index contributed by atoms with van der Waals surface area (Å²) in [6.07, 6.45) is 0. The molecule has 0 aliphatic heterocycles. The molecular formula is C11H21O5Si2. The first-order valence-corrected chi connectivity index (χ1v) is 11.0. The molecule has 0 saturated heterocycles. The summed E-state index contributed by atoms with van der Waals surface area (Å²) < 4.78 is 15.5. The molecule has 5 nitrogen and oxygen atoms in total. The van der Waals surface area contributed by atoms with Crippen LogP contribution in [0.2, 0.25) is 26.2 Å². The van der Waals surface area contributed by atoms with Gasteiger partial charge in [-0.1, -0.05) is 6.58 Å². The molecule has 0 aliphatic carbocycles. The van der Waals surface area contributed by atoms with Crippen LogP contribution in [0.4, 0.5) is 4.79 Å². The molecule has 0 bridgehead atoms. The van der Waals surface area contributed by atoms with E-state index >= 15 is 0 Å². The fraction of sp³-hybridized carbons (Fsp3) is 0.636. The third-order valence-corrected chi connectivity index (χ3v) is 6.65. The Hall–Kier alpha value is -0.926. The number of carbonyl (C=O) groups excluding carboxylic acids is 2. The van der Waals surface area contributed by atoms with E-state index in [9.17, 15) is 9.59 Å². The molecule has 0 N–H and O–H groups in total. The molecule has 7 heteroatoms. The van der Waals surface area contributed by atoms with Crippen molar-refractivity contribution in [2.75, 3.05) is 13.2 Å². The van der Waals surface area contributed by atoms with Crippen LogP contribution in [0.5, 0.6) is 0 Å². The van der Waals surface area contributed by atoms with Gasteiger partial charge in [0, 0.05) is 5.57 Å². The van der Waals surface area contributed by atoms with E-state index < -0.39 is 23.3 Å². The van der Waals surface area contributed by atoms with E-state index in [0.29, 0.717) is 5.57 Å². The van der Waals surface area contributed by atoms with Gasteiger partial charge < -0.3 is 13.6 Å². The maximum atomic E-state index is 11.8. The number of ether oxygens (including phenoxy) is 2. The largest absolute Gasteiger partial charge is 0.464 e. The fourth-order valence-electron chi connectivity index (χ4n) is 1.12. The van der Waals surface area contributed by atoms with Crippen molar-refractivity contribution in [2.45, 2.75) is 33.1 Å². The fourth-order valence-corrected chi connectivity index (χ4v) is 5.98. The minimum atomic E-state index is -2.44. The highest BCUT2D eigenvalue weighted by atomic mass is 28.4. The van der Waals surface area contributed by atoms with E-state index in [4.69, 9.17) is 13.6 Å². The Kier molecular flexibility index (Phi) is 7.11. The van der Waals surface area contributed by atoms with Gasteiger partial charge in [-0.05, 0) is 33.1 Å². The Morgan fingerprint density at radius 1 is 1.17 bits per heavy atom. The molecule has 0 aromatic heterocycles. The van der Waals surface area contributed by atoms with Gasteiger partial charge in [0.15, 0.2) is 9.04 Å². The van der Waals surface area contributed by atoms with Crippen LogP contribution in [0.3, 0.4) is 0 Å². The van der Waals surface area contributed by atoms with E-state index in [1.165, 1.54) is 0 Å². The number of esters is 1. The molecule has 0 rings (SSSR count). The van der Waals surface area contributed by atoms with Gasteiger partial charge >= 0.3 is 19.9 Å². The summed E-state index contributed by atoms with van der Waals surface area (Å²) in [6, 6.07) is 0. The predicted octanol–water partition coefficient (Wildman–Crippen LogP) is 2.30. The average molecular weight is 289 g/mol. The Bertz CT molecular complexity index is 325. The topological polar surface area (TPSA) is 61.8 Å². The van der Waals surface area contributed by atoms with Gasteiger partial charge in [-0.25, -0.2) is 4.79 Å². The summed E-state index contributed by atoms with van der Waals surface area (Å²) in [5.41, 5.74) is 0.00338. The van der Waals surface area contributed by atoms with Crippen molar-refractivity contribution in [3.63, 3.8) is 0 Å². The second-order valence-electron chi connectivity index (χ2n) is 4.57. The third-order valence-electron chi connectivity index (χ3n) is 1.85. The number of hydrogen-bond donors (Lipinski definition) is 0. The van der Waals surface area contributed by atoms with Crippen LogP contribution >= 0.6 is 0 Å². The summed E-state index contributed by atoms with van der Waals surface area (Å²) in [5, 5.41) is 0. The molecule has 1 radical (unpaired) electrons. The number of rotatable bonds is 7. The van der Waals surface area contributed by atoms with Crippen molar-refractivity contribution in [1.29, 1.82) is 0 Å². The Labute approximate surface area is 111 Å². The smallest absolute Gasteiger partial charge is 0.333 e. The molecule has 0 heterocycles. The molecule has 0 aliphatic rings. The van der Waals surface area contributed by atoms with Crippen molar-refractivity contribution < 1.29 is 23.2 Å². The van der Waals surface area contributed by atoms with Crippen LogP contribution in [-0.4, -0.2) is 42.1 Å². The number of hydrogen-bond acceptors (Lipinski definition) is 5. The normalized spacial score (nSPS) is 11.2. The lowest BCUT2D eigenvalue weighted by molar-refractivity contribution is -0.139. The first-order valence-electron chi connectivity index (χ1n) is 5.66. The zero-order valence-corrected chi connectivity index (χ0v) is 13.7. The molecule has 0 spiro atoms. The van der Waals surface area contributed by atoms with Crippen molar-refractivity contribution in [3.8, 4) is 0 Å². The minimum Gasteiger partial charge on any atom is -0.464 e. The summed E-state index contributed by atoms with van der Waals surface area (Å²) in [6.45, 7) is 12.6. The molecule has 0 saturated carbocycles. The quantitative estimate of drug-likeness (QED) is 0.311. The van der Waals surface area contributed by atoms with E-state index in [2.05, 4.69) is 6.58 Å².